The van der Waals surface area contributed by atoms with Gasteiger partial charge >= 0.3 is 0 Å². The van der Waals surface area contributed by atoms with Crippen molar-refractivity contribution in [3.05, 3.63) is 33.3 Å². The molecule has 0 unspecified atom stereocenters. The topological polar surface area (TPSA) is 30.5 Å². The van der Waals surface area contributed by atoms with Crippen molar-refractivity contribution >= 4 is 27.5 Å². The highest BCUT2D eigenvalue weighted by molar-refractivity contribution is 9.10. The highest BCUT2D eigenvalue weighted by atomic mass is 79.9. The molecule has 3 nitrogen and oxygen atoms in total. The van der Waals surface area contributed by atoms with Gasteiger partial charge in [-0.3, -0.25) is 0 Å². The van der Waals surface area contributed by atoms with Gasteiger partial charge in [-0.15, -0.1) is 0 Å². The van der Waals surface area contributed by atoms with Crippen LogP contribution >= 0.6 is 27.5 Å². The van der Waals surface area contributed by atoms with Crippen molar-refractivity contribution in [3.63, 3.8) is 0 Å². The molecule has 1 N–H and O–H groups in total. The van der Waals surface area contributed by atoms with Gasteiger partial charge in [0.1, 0.15) is 6.61 Å². The SMILES string of the molecule is CCOc1cc(CNC(C)C)cc(Br)c1OC/C(C)=C/Cl. The number of halogens is 2. The van der Waals surface area contributed by atoms with Crippen LogP contribution in [0.4, 0.5) is 0 Å². The van der Waals surface area contributed by atoms with Crippen LogP contribution in [0.5, 0.6) is 11.5 Å². The molecule has 118 valence electrons. The molecule has 1 aromatic rings. The number of hydrogen-bond donors (Lipinski definition) is 1. The van der Waals surface area contributed by atoms with Gasteiger partial charge in [0.25, 0.3) is 0 Å². The van der Waals surface area contributed by atoms with Gasteiger partial charge in [0, 0.05) is 18.1 Å². The highest BCUT2D eigenvalue weighted by Crippen LogP contribution is 2.37. The Hall–Kier alpha value is -0.710. The van der Waals surface area contributed by atoms with Crippen LogP contribution in [0, 0.1) is 0 Å². The van der Waals surface area contributed by atoms with Gasteiger partial charge in [0.15, 0.2) is 11.5 Å². The first-order valence-corrected chi connectivity index (χ1v) is 8.28. The first-order valence-electron chi connectivity index (χ1n) is 7.05. The molecule has 0 spiro atoms. The van der Waals surface area contributed by atoms with E-state index < -0.39 is 0 Å². The van der Waals surface area contributed by atoms with E-state index in [0.717, 1.165) is 27.9 Å². The van der Waals surface area contributed by atoms with Gasteiger partial charge in [0.05, 0.1) is 11.1 Å². The molecule has 0 bridgehead atoms. The zero-order valence-electron chi connectivity index (χ0n) is 13.0. The Morgan fingerprint density at radius 3 is 2.67 bits per heavy atom. The van der Waals surface area contributed by atoms with Crippen molar-refractivity contribution in [2.45, 2.75) is 40.3 Å². The molecule has 0 atom stereocenters. The van der Waals surface area contributed by atoms with Crippen LogP contribution in [0.2, 0.25) is 0 Å². The summed E-state index contributed by atoms with van der Waals surface area (Å²) in [5, 5.41) is 3.39. The minimum atomic E-state index is 0.436. The molecular formula is C16H23BrClNO2. The molecule has 1 aromatic carbocycles. The van der Waals surface area contributed by atoms with Crippen LogP contribution in [-0.2, 0) is 6.54 Å². The van der Waals surface area contributed by atoms with E-state index in [-0.39, 0.29) is 0 Å². The Kier molecular flexibility index (Phi) is 8.15. The molecular weight excluding hydrogens is 354 g/mol. The van der Waals surface area contributed by atoms with Crippen LogP contribution in [0.25, 0.3) is 0 Å². The molecule has 0 fully saturated rings. The van der Waals surface area contributed by atoms with Gasteiger partial charge in [-0.05, 0) is 53.0 Å². The summed E-state index contributed by atoms with van der Waals surface area (Å²) < 4.78 is 12.4. The number of nitrogens with one attached hydrogen (secondary N) is 1. The smallest absolute Gasteiger partial charge is 0.175 e. The van der Waals surface area contributed by atoms with Gasteiger partial charge in [-0.25, -0.2) is 0 Å². The molecule has 0 radical (unpaired) electrons. The van der Waals surface area contributed by atoms with Gasteiger partial charge in [0.2, 0.25) is 0 Å². The molecule has 0 aromatic heterocycles. The lowest BCUT2D eigenvalue weighted by Gasteiger charge is -2.16. The number of benzene rings is 1. The third-order valence-corrected chi connectivity index (χ3v) is 3.68. The standard InChI is InChI=1S/C16H23BrClNO2/c1-5-20-15-7-13(9-19-11(2)3)6-14(17)16(15)21-10-12(4)8-18/h6-8,11,19H,5,9-10H2,1-4H3/b12-8+. The average molecular weight is 377 g/mol. The van der Waals surface area contributed by atoms with Gasteiger partial charge in [-0.1, -0.05) is 25.4 Å². The van der Waals surface area contributed by atoms with Crippen LogP contribution in [-0.4, -0.2) is 19.3 Å². The van der Waals surface area contributed by atoms with Crippen LogP contribution in [0.15, 0.2) is 27.7 Å². The van der Waals surface area contributed by atoms with E-state index in [4.69, 9.17) is 21.1 Å². The lowest BCUT2D eigenvalue weighted by atomic mass is 10.2. The van der Waals surface area contributed by atoms with Crippen LogP contribution in [0.3, 0.4) is 0 Å². The maximum atomic E-state index is 5.81. The van der Waals surface area contributed by atoms with E-state index in [1.54, 1.807) is 0 Å². The molecule has 0 aliphatic rings. The fourth-order valence-electron chi connectivity index (χ4n) is 1.67. The van der Waals surface area contributed by atoms with E-state index in [1.165, 1.54) is 5.54 Å². The van der Waals surface area contributed by atoms with Gasteiger partial charge in [-0.2, -0.15) is 0 Å². The zero-order valence-corrected chi connectivity index (χ0v) is 15.3. The summed E-state index contributed by atoms with van der Waals surface area (Å²) >= 11 is 9.22. The minimum Gasteiger partial charge on any atom is -0.490 e. The first-order chi connectivity index (χ1) is 9.97. The molecule has 21 heavy (non-hydrogen) atoms. The largest absolute Gasteiger partial charge is 0.490 e. The fourth-order valence-corrected chi connectivity index (χ4v) is 2.33. The second-order valence-electron chi connectivity index (χ2n) is 5.12. The third kappa shape index (κ3) is 6.29. The Bertz CT molecular complexity index is 489. The maximum Gasteiger partial charge on any atom is 0.175 e. The first kappa shape index (κ1) is 18.3. The average Bonchev–Trinajstić information content (AvgIpc) is 2.44. The third-order valence-electron chi connectivity index (χ3n) is 2.71. The molecule has 1 rings (SSSR count). The molecule has 0 amide bonds. The lowest BCUT2D eigenvalue weighted by Crippen LogP contribution is -2.21. The maximum absolute atomic E-state index is 5.81. The van der Waals surface area contributed by atoms with Crippen molar-refractivity contribution in [3.8, 4) is 11.5 Å². The van der Waals surface area contributed by atoms with Crippen LogP contribution in [0.1, 0.15) is 33.3 Å². The zero-order chi connectivity index (χ0) is 15.8. The van der Waals surface area contributed by atoms with Crippen molar-refractivity contribution < 1.29 is 9.47 Å². The van der Waals surface area contributed by atoms with E-state index in [1.807, 2.05) is 26.0 Å². The Morgan fingerprint density at radius 1 is 1.38 bits per heavy atom. The lowest BCUT2D eigenvalue weighted by molar-refractivity contribution is 0.291. The van der Waals surface area contributed by atoms with Crippen molar-refractivity contribution in [1.29, 1.82) is 0 Å². The summed E-state index contributed by atoms with van der Waals surface area (Å²) in [6.45, 7) is 9.94. The Labute approximate surface area is 140 Å². The predicted octanol–water partition coefficient (Wildman–Crippen LogP) is 4.87. The van der Waals surface area contributed by atoms with Crippen molar-refractivity contribution in [1.82, 2.24) is 5.32 Å². The molecule has 0 aliphatic heterocycles. The van der Waals surface area contributed by atoms with E-state index in [9.17, 15) is 0 Å². The normalized spacial score (nSPS) is 11.9. The van der Waals surface area contributed by atoms with E-state index >= 15 is 0 Å². The highest BCUT2D eigenvalue weighted by Gasteiger charge is 2.12. The van der Waals surface area contributed by atoms with E-state index in [0.29, 0.717) is 25.0 Å². The second-order valence-corrected chi connectivity index (χ2v) is 6.19. The van der Waals surface area contributed by atoms with E-state index in [2.05, 4.69) is 35.1 Å². The number of ether oxygens (including phenoxy) is 2. The minimum absolute atomic E-state index is 0.436. The quantitative estimate of drug-likeness (QED) is 0.702. The molecule has 0 aliphatic carbocycles. The fraction of sp³-hybridized carbons (Fsp3) is 0.500. The Balaban J connectivity index is 2.95. The molecule has 5 heteroatoms. The number of rotatable bonds is 8. The summed E-state index contributed by atoms with van der Waals surface area (Å²) in [4.78, 5) is 0. The Morgan fingerprint density at radius 2 is 2.10 bits per heavy atom. The van der Waals surface area contributed by atoms with Crippen molar-refractivity contribution in [2.24, 2.45) is 0 Å². The molecule has 0 saturated carbocycles. The molecule has 0 saturated heterocycles. The molecule has 0 heterocycles. The van der Waals surface area contributed by atoms with Crippen molar-refractivity contribution in [2.75, 3.05) is 13.2 Å². The second kappa shape index (κ2) is 9.34. The summed E-state index contributed by atoms with van der Waals surface area (Å²) in [6.07, 6.45) is 0. The van der Waals surface area contributed by atoms with Gasteiger partial charge < -0.3 is 14.8 Å². The summed E-state index contributed by atoms with van der Waals surface area (Å²) in [7, 11) is 0. The van der Waals surface area contributed by atoms with Crippen LogP contribution < -0.4 is 14.8 Å². The summed E-state index contributed by atoms with van der Waals surface area (Å²) in [5.41, 5.74) is 3.63. The summed E-state index contributed by atoms with van der Waals surface area (Å²) in [6, 6.07) is 4.50. The monoisotopic (exact) mass is 375 g/mol. The summed E-state index contributed by atoms with van der Waals surface area (Å²) in [5.74, 6) is 1.46. The predicted molar refractivity (Wildman–Crippen MR) is 92.4 cm³/mol. The number of hydrogen-bond acceptors (Lipinski definition) is 3.